The molecule has 0 N–H and O–H groups in total. The fourth-order valence-corrected chi connectivity index (χ4v) is 0.684. The van der Waals surface area contributed by atoms with E-state index in [0.717, 1.165) is 5.22 Å². The van der Waals surface area contributed by atoms with Crippen LogP contribution in [0.4, 0.5) is 0 Å². The van der Waals surface area contributed by atoms with Gasteiger partial charge >= 0.3 is 0 Å². The van der Waals surface area contributed by atoms with E-state index in [-0.39, 0.29) is 0 Å². The first-order valence-electron chi connectivity index (χ1n) is 2.93. The summed E-state index contributed by atoms with van der Waals surface area (Å²) in [6.07, 6.45) is 0. The summed E-state index contributed by atoms with van der Waals surface area (Å²) in [5.74, 6) is 0.549. The van der Waals surface area contributed by atoms with Gasteiger partial charge in [0, 0.05) is 5.22 Å². The Morgan fingerprint density at radius 3 is 2.60 bits per heavy atom. The maximum Gasteiger partial charge on any atom is 0.220 e. The molecule has 0 spiro atoms. The molecule has 1 aromatic rings. The molecule has 2 heteroatoms. The zero-order valence-electron chi connectivity index (χ0n) is 5.92. The first kappa shape index (κ1) is 6.81. The molecule has 0 atom stereocenters. The number of hydrogen-bond acceptors (Lipinski definition) is 2. The fourth-order valence-electron chi connectivity index (χ4n) is 0.684. The van der Waals surface area contributed by atoms with Crippen molar-refractivity contribution in [3.8, 4) is 5.88 Å². The molecule has 0 saturated heterocycles. The van der Waals surface area contributed by atoms with E-state index in [0.29, 0.717) is 11.2 Å². The lowest BCUT2D eigenvalue weighted by Gasteiger charge is -1.96. The van der Waals surface area contributed by atoms with Crippen LogP contribution in [0.25, 0.3) is 13.2 Å². The second kappa shape index (κ2) is 2.52. The maximum absolute atomic E-state index is 4.91. The van der Waals surface area contributed by atoms with E-state index in [1.165, 1.54) is 0 Å². The van der Waals surface area contributed by atoms with Crippen LogP contribution < -0.4 is 15.3 Å². The average Bonchev–Trinajstić information content (AvgIpc) is 1.94. The number of methoxy groups -OCH3 is 1. The molecule has 0 fully saturated rings. The van der Waals surface area contributed by atoms with Gasteiger partial charge in [0.05, 0.1) is 12.5 Å². The highest BCUT2D eigenvalue weighted by atomic mass is 16.5. The van der Waals surface area contributed by atoms with Crippen molar-refractivity contribution in [2.24, 2.45) is 0 Å². The predicted molar refractivity (Wildman–Crippen MR) is 41.1 cm³/mol. The molecule has 0 unspecified atom stereocenters. The summed E-state index contributed by atoms with van der Waals surface area (Å²) in [7, 11) is 1.57. The standard InChI is InChI=1S/C8H9NO/c1-6-4-5-7(2)9-8(6)10-3/h4-5H,1-2H2,3H3. The van der Waals surface area contributed by atoms with Crippen LogP contribution in [0, 0.1) is 0 Å². The van der Waals surface area contributed by atoms with Crippen LogP contribution in [0.2, 0.25) is 0 Å². The van der Waals surface area contributed by atoms with Crippen molar-refractivity contribution in [3.05, 3.63) is 22.7 Å². The second-order valence-corrected chi connectivity index (χ2v) is 1.97. The molecular formula is C8H9NO. The van der Waals surface area contributed by atoms with E-state index < -0.39 is 0 Å². The van der Waals surface area contributed by atoms with E-state index in [9.17, 15) is 0 Å². The zero-order valence-corrected chi connectivity index (χ0v) is 5.92. The molecule has 0 bridgehead atoms. The number of pyridine rings is 1. The van der Waals surface area contributed by atoms with Crippen LogP contribution in [0.5, 0.6) is 5.88 Å². The van der Waals surface area contributed by atoms with E-state index >= 15 is 0 Å². The van der Waals surface area contributed by atoms with Crippen molar-refractivity contribution < 1.29 is 4.74 Å². The highest BCUT2D eigenvalue weighted by Crippen LogP contribution is 1.87. The molecule has 10 heavy (non-hydrogen) atoms. The minimum atomic E-state index is 0.549. The normalized spacial score (nSPS) is 9.30. The summed E-state index contributed by atoms with van der Waals surface area (Å²) in [6, 6.07) is 3.62. The Balaban J connectivity index is 3.36. The summed E-state index contributed by atoms with van der Waals surface area (Å²) in [6.45, 7) is 7.37. The molecule has 0 aliphatic heterocycles. The Hall–Kier alpha value is -1.31. The lowest BCUT2D eigenvalue weighted by molar-refractivity contribution is 0.393. The average molecular weight is 135 g/mol. The molecule has 0 saturated carbocycles. The first-order valence-corrected chi connectivity index (χ1v) is 2.93. The Bertz CT molecular complexity index is 319. The van der Waals surface area contributed by atoms with Gasteiger partial charge in [-0.2, -0.15) is 0 Å². The van der Waals surface area contributed by atoms with Crippen molar-refractivity contribution in [2.45, 2.75) is 0 Å². The lowest BCUT2D eigenvalue weighted by atomic mass is 10.4. The summed E-state index contributed by atoms with van der Waals surface area (Å²) < 4.78 is 4.91. The number of ether oxygens (including phenoxy) is 1. The van der Waals surface area contributed by atoms with E-state index in [1.807, 2.05) is 6.07 Å². The minimum Gasteiger partial charge on any atom is -0.481 e. The molecule has 0 aromatic carbocycles. The zero-order chi connectivity index (χ0) is 7.56. The Kier molecular flexibility index (Phi) is 1.71. The quantitative estimate of drug-likeness (QED) is 0.537. The predicted octanol–water partition coefficient (Wildman–Crippen LogP) is -0.0892. The molecule has 0 amide bonds. The van der Waals surface area contributed by atoms with Gasteiger partial charge < -0.3 is 4.74 Å². The van der Waals surface area contributed by atoms with E-state index in [2.05, 4.69) is 18.1 Å². The summed E-state index contributed by atoms with van der Waals surface area (Å²) in [4.78, 5) is 4.00. The smallest absolute Gasteiger partial charge is 0.220 e. The Labute approximate surface area is 59.5 Å². The number of rotatable bonds is 1. The van der Waals surface area contributed by atoms with Gasteiger partial charge in [-0.1, -0.05) is 13.2 Å². The van der Waals surface area contributed by atoms with Crippen molar-refractivity contribution in [3.63, 3.8) is 0 Å². The third-order valence-electron chi connectivity index (χ3n) is 1.19. The lowest BCUT2D eigenvalue weighted by Crippen LogP contribution is -2.14. The van der Waals surface area contributed by atoms with Crippen molar-refractivity contribution in [1.29, 1.82) is 0 Å². The van der Waals surface area contributed by atoms with Gasteiger partial charge in [0.25, 0.3) is 0 Å². The largest absolute Gasteiger partial charge is 0.481 e. The molecule has 0 aliphatic rings. The van der Waals surface area contributed by atoms with Crippen molar-refractivity contribution >= 4 is 13.2 Å². The molecule has 0 aliphatic carbocycles. The van der Waals surface area contributed by atoms with Gasteiger partial charge in [-0.3, -0.25) is 0 Å². The fraction of sp³-hybridized carbons (Fsp3) is 0.125. The summed E-state index contributed by atoms with van der Waals surface area (Å²) in [5, 5.41) is 1.49. The molecule has 1 aromatic heterocycles. The van der Waals surface area contributed by atoms with Crippen LogP contribution >= 0.6 is 0 Å². The maximum atomic E-state index is 4.91. The SMILES string of the molecule is C=c1ccc(=C)c(OC)n1. The molecule has 0 radical (unpaired) electrons. The number of hydrogen-bond donors (Lipinski definition) is 0. The number of nitrogens with zero attached hydrogens (tertiary/aromatic N) is 1. The molecule has 2 nitrogen and oxygen atoms in total. The van der Waals surface area contributed by atoms with Gasteiger partial charge in [-0.05, 0) is 12.1 Å². The van der Waals surface area contributed by atoms with Gasteiger partial charge in [-0.25, -0.2) is 4.98 Å². The third kappa shape index (κ3) is 1.16. The highest BCUT2D eigenvalue weighted by molar-refractivity contribution is 5.19. The molecular weight excluding hydrogens is 126 g/mol. The van der Waals surface area contributed by atoms with Crippen LogP contribution in [-0.4, -0.2) is 12.1 Å². The van der Waals surface area contributed by atoms with Crippen LogP contribution in [-0.2, 0) is 0 Å². The van der Waals surface area contributed by atoms with E-state index in [4.69, 9.17) is 4.74 Å². The highest BCUT2D eigenvalue weighted by Gasteiger charge is 1.89. The van der Waals surface area contributed by atoms with E-state index in [1.54, 1.807) is 13.2 Å². The summed E-state index contributed by atoms with van der Waals surface area (Å²) in [5.41, 5.74) is 0. The Morgan fingerprint density at radius 1 is 1.40 bits per heavy atom. The molecule has 1 rings (SSSR count). The minimum absolute atomic E-state index is 0.549. The monoisotopic (exact) mass is 135 g/mol. The first-order chi connectivity index (χ1) is 4.74. The number of aromatic nitrogens is 1. The second-order valence-electron chi connectivity index (χ2n) is 1.97. The Morgan fingerprint density at radius 2 is 2.10 bits per heavy atom. The van der Waals surface area contributed by atoms with Crippen molar-refractivity contribution in [2.75, 3.05) is 7.11 Å². The third-order valence-corrected chi connectivity index (χ3v) is 1.19. The molecule has 52 valence electrons. The van der Waals surface area contributed by atoms with Crippen LogP contribution in [0.3, 0.4) is 0 Å². The molecule has 1 heterocycles. The van der Waals surface area contributed by atoms with Gasteiger partial charge in [0.2, 0.25) is 5.88 Å². The van der Waals surface area contributed by atoms with Crippen LogP contribution in [0.15, 0.2) is 12.1 Å². The van der Waals surface area contributed by atoms with Crippen molar-refractivity contribution in [1.82, 2.24) is 4.98 Å². The van der Waals surface area contributed by atoms with Crippen LogP contribution in [0.1, 0.15) is 0 Å². The van der Waals surface area contributed by atoms with Gasteiger partial charge in [0.15, 0.2) is 0 Å². The van der Waals surface area contributed by atoms with Gasteiger partial charge in [0.1, 0.15) is 0 Å². The topological polar surface area (TPSA) is 22.1 Å². The van der Waals surface area contributed by atoms with Gasteiger partial charge in [-0.15, -0.1) is 0 Å². The summed E-state index contributed by atoms with van der Waals surface area (Å²) >= 11 is 0.